The lowest BCUT2D eigenvalue weighted by atomic mass is 9.86. The van der Waals surface area contributed by atoms with E-state index in [1.807, 2.05) is 6.07 Å². The van der Waals surface area contributed by atoms with E-state index in [4.69, 9.17) is 27.9 Å². The van der Waals surface area contributed by atoms with Crippen LogP contribution in [0.5, 0.6) is 0 Å². The summed E-state index contributed by atoms with van der Waals surface area (Å²) in [5.74, 6) is -1.49. The Labute approximate surface area is 233 Å². The van der Waals surface area contributed by atoms with Crippen molar-refractivity contribution in [3.05, 3.63) is 69.5 Å². The number of nitriles is 1. The Morgan fingerprint density at radius 3 is 2.42 bits per heavy atom. The Bertz CT molecular complexity index is 1380. The van der Waals surface area contributed by atoms with Crippen molar-refractivity contribution < 1.29 is 22.3 Å². The van der Waals surface area contributed by atoms with E-state index in [9.17, 15) is 22.9 Å². The first-order valence-electron chi connectivity index (χ1n) is 12.5. The second kappa shape index (κ2) is 10.4. The van der Waals surface area contributed by atoms with Crippen molar-refractivity contribution in [2.45, 2.75) is 75.5 Å². The summed E-state index contributed by atoms with van der Waals surface area (Å²) in [6.07, 6.45) is 0.412. The zero-order chi connectivity index (χ0) is 28.0. The highest BCUT2D eigenvalue weighted by molar-refractivity contribution is 7.92. The largest absolute Gasteiger partial charge is 0.354 e. The number of halogens is 3. The zero-order valence-electron chi connectivity index (χ0n) is 21.7. The SMILES string of the molecule is CC(C)(C)S(=O)(=O)C[C@H](C1CC1)N1C(=O)[C@@](C)(CC#N)O[C@H](c2cccc(Cl)c2)C1c1ccc(Cl)c(F)c1. The van der Waals surface area contributed by atoms with Crippen LogP contribution >= 0.6 is 23.2 Å². The van der Waals surface area contributed by atoms with Crippen molar-refractivity contribution >= 4 is 38.9 Å². The molecule has 2 fully saturated rings. The summed E-state index contributed by atoms with van der Waals surface area (Å²) in [5, 5.41) is 9.97. The van der Waals surface area contributed by atoms with Crippen LogP contribution in [0.3, 0.4) is 0 Å². The fourth-order valence-electron chi connectivity index (χ4n) is 4.93. The summed E-state index contributed by atoms with van der Waals surface area (Å²) in [5.41, 5.74) is -0.530. The molecule has 0 radical (unpaired) electrons. The molecular formula is C28H31Cl2FN2O4S. The van der Waals surface area contributed by atoms with Gasteiger partial charge in [-0.25, -0.2) is 12.8 Å². The summed E-state index contributed by atoms with van der Waals surface area (Å²) < 4.78 is 47.1. The number of morpholine rings is 1. The van der Waals surface area contributed by atoms with Gasteiger partial charge in [0.1, 0.15) is 11.9 Å². The minimum atomic E-state index is -3.65. The average Bonchev–Trinajstić information content (AvgIpc) is 3.66. The molecule has 38 heavy (non-hydrogen) atoms. The van der Waals surface area contributed by atoms with Gasteiger partial charge in [-0.3, -0.25) is 4.79 Å². The van der Waals surface area contributed by atoms with E-state index in [-0.39, 0.29) is 23.1 Å². The van der Waals surface area contributed by atoms with E-state index < -0.39 is 50.1 Å². The molecule has 0 bridgehead atoms. The van der Waals surface area contributed by atoms with E-state index in [0.717, 1.165) is 12.8 Å². The van der Waals surface area contributed by atoms with Crippen LogP contribution in [0, 0.1) is 23.1 Å². The number of amides is 1. The van der Waals surface area contributed by atoms with E-state index in [1.165, 1.54) is 12.1 Å². The number of nitrogens with zero attached hydrogens (tertiary/aromatic N) is 2. The third-order valence-corrected chi connectivity index (χ3v) is 10.6. The fourth-order valence-corrected chi connectivity index (χ4v) is 6.63. The first kappa shape index (κ1) is 28.8. The maximum Gasteiger partial charge on any atom is 0.256 e. The van der Waals surface area contributed by atoms with Crippen LogP contribution in [0.2, 0.25) is 10.0 Å². The number of rotatable bonds is 7. The van der Waals surface area contributed by atoms with Crippen molar-refractivity contribution in [1.82, 2.24) is 4.90 Å². The molecule has 2 aromatic rings. The number of ether oxygens (including phenoxy) is 1. The fraction of sp³-hybridized carbons (Fsp3) is 0.500. The average molecular weight is 582 g/mol. The van der Waals surface area contributed by atoms with E-state index in [1.54, 1.807) is 62.9 Å². The molecule has 1 heterocycles. The van der Waals surface area contributed by atoms with Gasteiger partial charge in [-0.15, -0.1) is 0 Å². The highest BCUT2D eigenvalue weighted by Crippen LogP contribution is 2.51. The van der Waals surface area contributed by atoms with Gasteiger partial charge in [-0.2, -0.15) is 5.26 Å². The maximum absolute atomic E-state index is 14.8. The number of sulfone groups is 1. The molecule has 0 aromatic heterocycles. The van der Waals surface area contributed by atoms with Crippen LogP contribution in [0.1, 0.15) is 70.2 Å². The molecule has 1 saturated carbocycles. The molecule has 0 spiro atoms. The van der Waals surface area contributed by atoms with Gasteiger partial charge in [0.2, 0.25) is 0 Å². The normalized spacial score (nSPS) is 25.2. The standard InChI is InChI=1S/C28H31Cl2FN2O4S/c1-27(2,3)38(35,36)16-23(17-8-9-17)33-24(18-10-11-21(30)22(31)15-18)25(19-6-5-7-20(29)14-19)37-28(4,12-13-32)26(33)34/h5-7,10-11,14-15,17,23-25H,8-9,12,16H2,1-4H3/t23-,24?,25-,28-/m1/s1. The first-order chi connectivity index (χ1) is 17.7. The summed E-state index contributed by atoms with van der Waals surface area (Å²) in [7, 11) is -3.65. The van der Waals surface area contributed by atoms with Gasteiger partial charge in [0.25, 0.3) is 5.91 Å². The Balaban J connectivity index is 1.96. The number of carbonyl (C=O) groups excluding carboxylic acids is 1. The molecule has 1 amide bonds. The number of carbonyl (C=O) groups is 1. The van der Waals surface area contributed by atoms with Crippen LogP contribution < -0.4 is 0 Å². The van der Waals surface area contributed by atoms with Crippen molar-refractivity contribution in [1.29, 1.82) is 5.26 Å². The molecule has 204 valence electrons. The van der Waals surface area contributed by atoms with Crippen LogP contribution in [0.4, 0.5) is 4.39 Å². The van der Waals surface area contributed by atoms with Crippen molar-refractivity contribution in [2.24, 2.45) is 5.92 Å². The lowest BCUT2D eigenvalue weighted by Gasteiger charge is -2.51. The third-order valence-electron chi connectivity index (χ3n) is 7.39. The second-order valence-electron chi connectivity index (χ2n) is 11.3. The predicted molar refractivity (Wildman–Crippen MR) is 145 cm³/mol. The molecule has 2 aromatic carbocycles. The molecule has 10 heteroatoms. The van der Waals surface area contributed by atoms with E-state index in [2.05, 4.69) is 0 Å². The lowest BCUT2D eigenvalue weighted by molar-refractivity contribution is -0.201. The van der Waals surface area contributed by atoms with Gasteiger partial charge < -0.3 is 9.64 Å². The number of benzene rings is 2. The van der Waals surface area contributed by atoms with Crippen LogP contribution in [-0.2, 0) is 19.4 Å². The monoisotopic (exact) mass is 580 g/mol. The van der Waals surface area contributed by atoms with E-state index >= 15 is 0 Å². The number of hydrogen-bond acceptors (Lipinski definition) is 5. The highest BCUT2D eigenvalue weighted by Gasteiger charge is 2.56. The molecule has 4 rings (SSSR count). The first-order valence-corrected chi connectivity index (χ1v) is 14.9. The van der Waals surface area contributed by atoms with Gasteiger partial charge in [-0.05, 0) is 81.8 Å². The van der Waals surface area contributed by atoms with Gasteiger partial charge in [0.05, 0.1) is 34.1 Å². The quantitative estimate of drug-likeness (QED) is 0.376. The van der Waals surface area contributed by atoms with E-state index in [0.29, 0.717) is 16.1 Å². The molecule has 1 aliphatic carbocycles. The van der Waals surface area contributed by atoms with Gasteiger partial charge >= 0.3 is 0 Å². The van der Waals surface area contributed by atoms with Crippen LogP contribution in [0.15, 0.2) is 42.5 Å². The summed E-state index contributed by atoms with van der Waals surface area (Å²) in [6.45, 7) is 6.44. The smallest absolute Gasteiger partial charge is 0.256 e. The van der Waals surface area contributed by atoms with Crippen molar-refractivity contribution in [2.75, 3.05) is 5.75 Å². The Morgan fingerprint density at radius 2 is 1.87 bits per heavy atom. The van der Waals surface area contributed by atoms with Crippen molar-refractivity contribution in [3.63, 3.8) is 0 Å². The Morgan fingerprint density at radius 1 is 1.18 bits per heavy atom. The molecule has 2 aliphatic rings. The van der Waals surface area contributed by atoms with Gasteiger partial charge in [0.15, 0.2) is 15.4 Å². The summed E-state index contributed by atoms with van der Waals surface area (Å²) in [6, 6.07) is 11.7. The lowest BCUT2D eigenvalue weighted by Crippen LogP contribution is -2.62. The maximum atomic E-state index is 14.8. The molecule has 1 unspecified atom stereocenters. The highest BCUT2D eigenvalue weighted by atomic mass is 35.5. The Kier molecular flexibility index (Phi) is 7.90. The zero-order valence-corrected chi connectivity index (χ0v) is 24.1. The molecular weight excluding hydrogens is 550 g/mol. The van der Waals surface area contributed by atoms with Crippen LogP contribution in [0.25, 0.3) is 0 Å². The number of hydrogen-bond donors (Lipinski definition) is 0. The molecule has 6 nitrogen and oxygen atoms in total. The van der Waals surface area contributed by atoms with Gasteiger partial charge in [-0.1, -0.05) is 41.4 Å². The van der Waals surface area contributed by atoms with Crippen molar-refractivity contribution in [3.8, 4) is 6.07 Å². The second-order valence-corrected chi connectivity index (χ2v) is 14.9. The summed E-state index contributed by atoms with van der Waals surface area (Å²) in [4.78, 5) is 15.8. The molecule has 0 N–H and O–H groups in total. The minimum absolute atomic E-state index is 0.0554. The molecule has 4 atom stereocenters. The topological polar surface area (TPSA) is 87.5 Å². The third kappa shape index (κ3) is 5.58. The Hall–Kier alpha value is -2.18. The molecule has 1 aliphatic heterocycles. The van der Waals surface area contributed by atoms with Crippen LogP contribution in [-0.4, -0.2) is 41.4 Å². The predicted octanol–water partition coefficient (Wildman–Crippen LogP) is 6.44. The minimum Gasteiger partial charge on any atom is -0.354 e. The van der Waals surface area contributed by atoms with Gasteiger partial charge in [0, 0.05) is 11.1 Å². The molecule has 1 saturated heterocycles. The summed E-state index contributed by atoms with van der Waals surface area (Å²) >= 11 is 12.3.